The zero-order valence-electron chi connectivity index (χ0n) is 14.2. The fourth-order valence-corrected chi connectivity index (χ4v) is 2.87. The lowest BCUT2D eigenvalue weighted by Gasteiger charge is -2.35. The molecule has 1 saturated heterocycles. The number of rotatable bonds is 5. The van der Waals surface area contributed by atoms with Crippen LogP contribution < -0.4 is 10.2 Å². The molecule has 7 heteroatoms. The number of hydrogen-bond donors (Lipinski definition) is 1. The molecule has 1 aliphatic heterocycles. The van der Waals surface area contributed by atoms with E-state index in [1.165, 1.54) is 5.69 Å². The Morgan fingerprint density at radius 2 is 1.96 bits per heavy atom. The molecule has 7 nitrogen and oxygen atoms in total. The van der Waals surface area contributed by atoms with Gasteiger partial charge in [0, 0.05) is 64.3 Å². The maximum atomic E-state index is 4.63. The summed E-state index contributed by atoms with van der Waals surface area (Å²) in [6.45, 7) is 9.90. The Kier molecular flexibility index (Phi) is 4.76. The zero-order chi connectivity index (χ0) is 16.2. The summed E-state index contributed by atoms with van der Waals surface area (Å²) in [6.07, 6.45) is 1.86. The molecular formula is C16H25N7. The van der Waals surface area contributed by atoms with E-state index in [0.29, 0.717) is 0 Å². The van der Waals surface area contributed by atoms with Crippen molar-refractivity contribution in [2.24, 2.45) is 7.05 Å². The summed E-state index contributed by atoms with van der Waals surface area (Å²) in [5, 5.41) is 7.44. The third kappa shape index (κ3) is 3.79. The first-order chi connectivity index (χ1) is 11.2. The highest BCUT2D eigenvalue weighted by Gasteiger charge is 2.19. The number of aromatic nitrogens is 4. The fraction of sp³-hybridized carbons (Fsp3) is 0.562. The van der Waals surface area contributed by atoms with Gasteiger partial charge in [0.15, 0.2) is 0 Å². The third-order valence-corrected chi connectivity index (χ3v) is 4.18. The maximum absolute atomic E-state index is 4.63. The second kappa shape index (κ2) is 6.95. The molecule has 1 fully saturated rings. The highest BCUT2D eigenvalue weighted by atomic mass is 15.3. The molecule has 0 aromatic carbocycles. The lowest BCUT2D eigenvalue weighted by molar-refractivity contribution is 0.243. The highest BCUT2D eigenvalue weighted by molar-refractivity contribution is 5.45. The molecule has 0 atom stereocenters. The summed E-state index contributed by atoms with van der Waals surface area (Å²) in [4.78, 5) is 13.9. The van der Waals surface area contributed by atoms with Crippen molar-refractivity contribution in [3.63, 3.8) is 0 Å². The SMILES string of the molecule is CCNc1nc(C)cc(N2CCN(Cc3ccnn3C)CC2)n1. The average molecular weight is 315 g/mol. The van der Waals surface area contributed by atoms with Gasteiger partial charge in [0.2, 0.25) is 5.95 Å². The molecule has 0 unspecified atom stereocenters. The number of piperazine rings is 1. The molecule has 2 aromatic heterocycles. The minimum atomic E-state index is 0.722. The predicted octanol–water partition coefficient (Wildman–Crippen LogP) is 1.27. The van der Waals surface area contributed by atoms with Crippen LogP contribution in [-0.2, 0) is 13.6 Å². The van der Waals surface area contributed by atoms with Crippen molar-refractivity contribution in [2.75, 3.05) is 42.9 Å². The Bertz CT molecular complexity index is 644. The number of anilines is 2. The van der Waals surface area contributed by atoms with Crippen molar-refractivity contribution in [1.82, 2.24) is 24.6 Å². The quantitative estimate of drug-likeness (QED) is 0.897. The van der Waals surface area contributed by atoms with Gasteiger partial charge in [-0.25, -0.2) is 4.98 Å². The van der Waals surface area contributed by atoms with E-state index >= 15 is 0 Å². The summed E-state index contributed by atoms with van der Waals surface area (Å²) >= 11 is 0. The van der Waals surface area contributed by atoms with Gasteiger partial charge < -0.3 is 10.2 Å². The largest absolute Gasteiger partial charge is 0.354 e. The van der Waals surface area contributed by atoms with Gasteiger partial charge in [0.25, 0.3) is 0 Å². The van der Waals surface area contributed by atoms with Gasteiger partial charge in [-0.05, 0) is 19.9 Å². The summed E-state index contributed by atoms with van der Waals surface area (Å²) in [5.41, 5.74) is 2.26. The molecule has 3 rings (SSSR count). The van der Waals surface area contributed by atoms with E-state index in [4.69, 9.17) is 0 Å². The Labute approximate surface area is 137 Å². The second-order valence-corrected chi connectivity index (χ2v) is 5.93. The maximum Gasteiger partial charge on any atom is 0.224 e. The summed E-state index contributed by atoms with van der Waals surface area (Å²) in [7, 11) is 2.00. The molecule has 0 amide bonds. The fourth-order valence-electron chi connectivity index (χ4n) is 2.87. The molecule has 3 heterocycles. The van der Waals surface area contributed by atoms with Crippen LogP contribution in [0.15, 0.2) is 18.3 Å². The summed E-state index contributed by atoms with van der Waals surface area (Å²) < 4.78 is 1.95. The number of hydrogen-bond acceptors (Lipinski definition) is 6. The molecule has 124 valence electrons. The minimum absolute atomic E-state index is 0.722. The van der Waals surface area contributed by atoms with Crippen LogP contribution in [-0.4, -0.2) is 57.4 Å². The summed E-state index contributed by atoms with van der Waals surface area (Å²) in [6, 6.07) is 4.15. The first kappa shape index (κ1) is 15.7. The van der Waals surface area contributed by atoms with Crippen LogP contribution >= 0.6 is 0 Å². The van der Waals surface area contributed by atoms with E-state index in [0.717, 1.165) is 56.7 Å². The van der Waals surface area contributed by atoms with Crippen molar-refractivity contribution in [1.29, 1.82) is 0 Å². The van der Waals surface area contributed by atoms with E-state index in [1.54, 1.807) is 0 Å². The third-order valence-electron chi connectivity index (χ3n) is 4.18. The van der Waals surface area contributed by atoms with Crippen molar-refractivity contribution in [3.8, 4) is 0 Å². The molecule has 0 radical (unpaired) electrons. The van der Waals surface area contributed by atoms with Gasteiger partial charge in [-0.15, -0.1) is 0 Å². The Morgan fingerprint density at radius 1 is 1.17 bits per heavy atom. The predicted molar refractivity (Wildman–Crippen MR) is 91.6 cm³/mol. The van der Waals surface area contributed by atoms with Crippen LogP contribution in [0.2, 0.25) is 0 Å². The van der Waals surface area contributed by atoms with E-state index < -0.39 is 0 Å². The molecule has 0 saturated carbocycles. The van der Waals surface area contributed by atoms with E-state index in [-0.39, 0.29) is 0 Å². The van der Waals surface area contributed by atoms with E-state index in [9.17, 15) is 0 Å². The van der Waals surface area contributed by atoms with Gasteiger partial charge in [-0.3, -0.25) is 9.58 Å². The van der Waals surface area contributed by atoms with Crippen LogP contribution in [0.5, 0.6) is 0 Å². The average Bonchev–Trinajstić information content (AvgIpc) is 2.93. The lowest BCUT2D eigenvalue weighted by Crippen LogP contribution is -2.46. The topological polar surface area (TPSA) is 62.1 Å². The number of nitrogens with one attached hydrogen (secondary N) is 1. The van der Waals surface area contributed by atoms with E-state index in [2.05, 4.69) is 49.2 Å². The van der Waals surface area contributed by atoms with Crippen molar-refractivity contribution < 1.29 is 0 Å². The van der Waals surface area contributed by atoms with Crippen LogP contribution in [0.1, 0.15) is 18.3 Å². The lowest BCUT2D eigenvalue weighted by atomic mass is 10.2. The van der Waals surface area contributed by atoms with Gasteiger partial charge in [0.05, 0.1) is 5.69 Å². The smallest absolute Gasteiger partial charge is 0.224 e. The van der Waals surface area contributed by atoms with Crippen LogP contribution in [0, 0.1) is 6.92 Å². The van der Waals surface area contributed by atoms with Crippen molar-refractivity contribution in [2.45, 2.75) is 20.4 Å². The first-order valence-electron chi connectivity index (χ1n) is 8.19. The first-order valence-corrected chi connectivity index (χ1v) is 8.19. The molecule has 0 aliphatic carbocycles. The Morgan fingerprint density at radius 3 is 2.61 bits per heavy atom. The molecule has 1 aliphatic rings. The normalized spacial score (nSPS) is 15.9. The van der Waals surface area contributed by atoms with Crippen LogP contribution in [0.25, 0.3) is 0 Å². The van der Waals surface area contributed by atoms with Gasteiger partial charge in [0.1, 0.15) is 5.82 Å². The Balaban J connectivity index is 1.61. The van der Waals surface area contributed by atoms with Gasteiger partial charge >= 0.3 is 0 Å². The highest BCUT2D eigenvalue weighted by Crippen LogP contribution is 2.17. The molecule has 1 N–H and O–H groups in total. The van der Waals surface area contributed by atoms with Crippen molar-refractivity contribution >= 4 is 11.8 Å². The van der Waals surface area contributed by atoms with E-state index in [1.807, 2.05) is 24.9 Å². The van der Waals surface area contributed by atoms with Crippen molar-refractivity contribution in [3.05, 3.63) is 29.7 Å². The van der Waals surface area contributed by atoms with Gasteiger partial charge in [-0.2, -0.15) is 10.1 Å². The molecule has 0 bridgehead atoms. The standard InChI is InChI=1S/C16H25N7/c1-4-17-16-19-13(2)11-15(20-16)23-9-7-22(8-10-23)12-14-5-6-18-21(14)3/h5-6,11H,4,7-10,12H2,1-3H3,(H,17,19,20). The molecule has 23 heavy (non-hydrogen) atoms. The van der Waals surface area contributed by atoms with Crippen LogP contribution in [0.4, 0.5) is 11.8 Å². The second-order valence-electron chi connectivity index (χ2n) is 5.93. The molecule has 2 aromatic rings. The summed E-state index contributed by atoms with van der Waals surface area (Å²) in [5.74, 6) is 1.74. The molecular weight excluding hydrogens is 290 g/mol. The Hall–Kier alpha value is -2.15. The molecule has 0 spiro atoms. The monoisotopic (exact) mass is 315 g/mol. The number of aryl methyl sites for hydroxylation is 2. The van der Waals surface area contributed by atoms with Gasteiger partial charge in [-0.1, -0.05) is 0 Å². The van der Waals surface area contributed by atoms with Crippen LogP contribution in [0.3, 0.4) is 0 Å². The minimum Gasteiger partial charge on any atom is -0.354 e. The number of nitrogens with zero attached hydrogens (tertiary/aromatic N) is 6. The zero-order valence-corrected chi connectivity index (χ0v) is 14.2.